The summed E-state index contributed by atoms with van der Waals surface area (Å²) in [7, 11) is 0. The molecule has 98 valence electrons. The maximum absolute atomic E-state index is 12.0. The zero-order valence-electron chi connectivity index (χ0n) is 10.5. The number of hydrogen-bond acceptors (Lipinski definition) is 2. The van der Waals surface area contributed by atoms with Crippen molar-refractivity contribution in [3.63, 3.8) is 0 Å². The number of carbonyl (C=O) groups is 1. The van der Waals surface area contributed by atoms with Gasteiger partial charge in [-0.05, 0) is 55.3 Å². The van der Waals surface area contributed by atoms with Crippen LogP contribution in [0.2, 0.25) is 10.0 Å². The number of carbonyl (C=O) groups excluding carboxylic acids is 1. The summed E-state index contributed by atoms with van der Waals surface area (Å²) in [6.45, 7) is 3.73. The van der Waals surface area contributed by atoms with E-state index in [4.69, 9.17) is 27.9 Å². The van der Waals surface area contributed by atoms with Crippen LogP contribution >= 0.6 is 23.2 Å². The molecule has 0 amide bonds. The fourth-order valence-corrected chi connectivity index (χ4v) is 2.05. The molecule has 0 radical (unpaired) electrons. The Kier molecular flexibility index (Phi) is 4.13. The molecule has 0 aliphatic heterocycles. The second kappa shape index (κ2) is 5.64. The number of ether oxygens (including phenoxy) is 1. The summed E-state index contributed by atoms with van der Waals surface area (Å²) in [5.74, 6) is 0.0352. The van der Waals surface area contributed by atoms with Crippen LogP contribution in [0.3, 0.4) is 0 Å². The molecule has 4 heteroatoms. The van der Waals surface area contributed by atoms with Crippen LogP contribution in [0, 0.1) is 13.8 Å². The first-order chi connectivity index (χ1) is 8.97. The highest BCUT2D eigenvalue weighted by atomic mass is 35.5. The molecular weight excluding hydrogens is 283 g/mol. The van der Waals surface area contributed by atoms with Gasteiger partial charge < -0.3 is 4.74 Å². The maximum Gasteiger partial charge on any atom is 0.343 e. The van der Waals surface area contributed by atoms with E-state index >= 15 is 0 Å². The number of rotatable bonds is 2. The Bertz CT molecular complexity index is 613. The maximum atomic E-state index is 12.0. The molecule has 0 heterocycles. The van der Waals surface area contributed by atoms with Crippen LogP contribution in [0.5, 0.6) is 5.75 Å². The molecule has 0 unspecified atom stereocenters. The van der Waals surface area contributed by atoms with Gasteiger partial charge in [-0.25, -0.2) is 4.79 Å². The molecule has 0 bridgehead atoms. The smallest absolute Gasteiger partial charge is 0.343 e. The van der Waals surface area contributed by atoms with E-state index in [9.17, 15) is 4.79 Å². The van der Waals surface area contributed by atoms with Crippen LogP contribution in [-0.4, -0.2) is 5.97 Å². The molecule has 0 aliphatic carbocycles. The second-order valence-corrected chi connectivity index (χ2v) is 5.09. The van der Waals surface area contributed by atoms with Gasteiger partial charge in [0.05, 0.1) is 5.56 Å². The summed E-state index contributed by atoms with van der Waals surface area (Å²) in [5, 5.41) is 1.18. The van der Waals surface area contributed by atoms with Crippen LogP contribution < -0.4 is 4.74 Å². The first kappa shape index (κ1) is 13.9. The highest BCUT2D eigenvalue weighted by Gasteiger charge is 2.11. The summed E-state index contributed by atoms with van der Waals surface area (Å²) < 4.78 is 5.32. The molecular formula is C15H12Cl2O2. The van der Waals surface area contributed by atoms with Crippen molar-refractivity contribution in [2.24, 2.45) is 0 Å². The Hall–Kier alpha value is -1.51. The van der Waals surface area contributed by atoms with Gasteiger partial charge in [-0.3, -0.25) is 0 Å². The van der Waals surface area contributed by atoms with E-state index in [1.54, 1.807) is 36.4 Å². The average Bonchev–Trinajstić information content (AvgIpc) is 2.36. The zero-order chi connectivity index (χ0) is 14.0. The lowest BCUT2D eigenvalue weighted by Gasteiger charge is -2.08. The largest absolute Gasteiger partial charge is 0.423 e. The minimum atomic E-state index is -0.441. The first-order valence-electron chi connectivity index (χ1n) is 5.72. The molecule has 0 saturated carbocycles. The highest BCUT2D eigenvalue weighted by Crippen LogP contribution is 2.26. The molecule has 2 aromatic rings. The van der Waals surface area contributed by atoms with E-state index in [-0.39, 0.29) is 0 Å². The number of hydrogen-bond donors (Lipinski definition) is 0. The SMILES string of the molecule is Cc1cc(OC(=O)c2cccc(Cl)c2)cc(C)c1Cl. The Balaban J connectivity index is 2.24. The minimum Gasteiger partial charge on any atom is -0.423 e. The van der Waals surface area contributed by atoms with E-state index in [1.165, 1.54) is 0 Å². The molecule has 2 aromatic carbocycles. The van der Waals surface area contributed by atoms with Crippen LogP contribution in [-0.2, 0) is 0 Å². The second-order valence-electron chi connectivity index (χ2n) is 4.27. The number of benzene rings is 2. The van der Waals surface area contributed by atoms with Crippen molar-refractivity contribution < 1.29 is 9.53 Å². The fraction of sp³-hybridized carbons (Fsp3) is 0.133. The molecule has 0 fully saturated rings. The van der Waals surface area contributed by atoms with Crippen LogP contribution in [0.15, 0.2) is 36.4 Å². The molecule has 0 spiro atoms. The Morgan fingerprint density at radius 3 is 2.26 bits per heavy atom. The molecule has 0 atom stereocenters. The van der Waals surface area contributed by atoms with E-state index in [1.807, 2.05) is 13.8 Å². The van der Waals surface area contributed by atoms with Gasteiger partial charge in [0.15, 0.2) is 0 Å². The van der Waals surface area contributed by atoms with Crippen LogP contribution in [0.1, 0.15) is 21.5 Å². The Morgan fingerprint density at radius 2 is 1.68 bits per heavy atom. The highest BCUT2D eigenvalue weighted by molar-refractivity contribution is 6.32. The van der Waals surface area contributed by atoms with Crippen LogP contribution in [0.4, 0.5) is 0 Å². The van der Waals surface area contributed by atoms with Gasteiger partial charge in [-0.15, -0.1) is 0 Å². The topological polar surface area (TPSA) is 26.3 Å². The molecule has 2 rings (SSSR count). The first-order valence-corrected chi connectivity index (χ1v) is 6.47. The van der Waals surface area contributed by atoms with Gasteiger partial charge in [-0.1, -0.05) is 29.3 Å². The third-order valence-corrected chi connectivity index (χ3v) is 3.51. The summed E-state index contributed by atoms with van der Waals surface area (Å²) in [6.07, 6.45) is 0. The number of aryl methyl sites for hydroxylation is 2. The van der Waals surface area contributed by atoms with E-state index in [0.717, 1.165) is 11.1 Å². The molecule has 0 aromatic heterocycles. The van der Waals surface area contributed by atoms with Crippen molar-refractivity contribution in [1.29, 1.82) is 0 Å². The molecule has 2 nitrogen and oxygen atoms in total. The van der Waals surface area contributed by atoms with Gasteiger partial charge >= 0.3 is 5.97 Å². The molecule has 0 aliphatic rings. The lowest BCUT2D eigenvalue weighted by atomic mass is 10.1. The third-order valence-electron chi connectivity index (χ3n) is 2.68. The normalized spacial score (nSPS) is 10.3. The zero-order valence-corrected chi connectivity index (χ0v) is 12.0. The van der Waals surface area contributed by atoms with Gasteiger partial charge in [-0.2, -0.15) is 0 Å². The molecule has 0 saturated heterocycles. The summed E-state index contributed by atoms with van der Waals surface area (Å²) in [4.78, 5) is 12.0. The summed E-state index contributed by atoms with van der Waals surface area (Å²) >= 11 is 11.9. The van der Waals surface area contributed by atoms with Crippen LogP contribution in [0.25, 0.3) is 0 Å². The monoisotopic (exact) mass is 294 g/mol. The van der Waals surface area contributed by atoms with E-state index in [2.05, 4.69) is 0 Å². The summed E-state index contributed by atoms with van der Waals surface area (Å²) in [6, 6.07) is 10.1. The lowest BCUT2D eigenvalue weighted by molar-refractivity contribution is 0.0734. The quantitative estimate of drug-likeness (QED) is 0.586. The van der Waals surface area contributed by atoms with Gasteiger partial charge in [0, 0.05) is 10.0 Å². The number of esters is 1. The Morgan fingerprint density at radius 1 is 1.05 bits per heavy atom. The van der Waals surface area contributed by atoms with Gasteiger partial charge in [0.1, 0.15) is 5.75 Å². The predicted octanol–water partition coefficient (Wildman–Crippen LogP) is 4.83. The van der Waals surface area contributed by atoms with Crippen molar-refractivity contribution in [3.8, 4) is 5.75 Å². The molecule has 0 N–H and O–H groups in total. The summed E-state index contributed by atoms with van der Waals surface area (Å²) in [5.41, 5.74) is 2.16. The van der Waals surface area contributed by atoms with Gasteiger partial charge in [0.25, 0.3) is 0 Å². The lowest BCUT2D eigenvalue weighted by Crippen LogP contribution is -2.08. The standard InChI is InChI=1S/C15H12Cl2O2/c1-9-6-13(7-10(2)14(9)17)19-15(18)11-4-3-5-12(16)8-11/h3-8H,1-2H3. The third kappa shape index (κ3) is 3.28. The van der Waals surface area contributed by atoms with Crippen molar-refractivity contribution in [2.45, 2.75) is 13.8 Å². The Labute approximate surface area is 121 Å². The van der Waals surface area contributed by atoms with Crippen molar-refractivity contribution in [3.05, 3.63) is 63.1 Å². The van der Waals surface area contributed by atoms with Crippen molar-refractivity contribution >= 4 is 29.2 Å². The van der Waals surface area contributed by atoms with Crippen molar-refractivity contribution in [1.82, 2.24) is 0 Å². The fourth-order valence-electron chi connectivity index (χ4n) is 1.75. The average molecular weight is 295 g/mol. The predicted molar refractivity (Wildman–Crippen MR) is 77.3 cm³/mol. The van der Waals surface area contributed by atoms with Crippen molar-refractivity contribution in [2.75, 3.05) is 0 Å². The number of halogens is 2. The van der Waals surface area contributed by atoms with E-state index in [0.29, 0.717) is 21.4 Å². The molecule has 19 heavy (non-hydrogen) atoms. The minimum absolute atomic E-state index is 0.415. The van der Waals surface area contributed by atoms with Gasteiger partial charge in [0.2, 0.25) is 0 Å². The van der Waals surface area contributed by atoms with E-state index < -0.39 is 5.97 Å².